The van der Waals surface area contributed by atoms with E-state index in [2.05, 4.69) is 24.8 Å². The molecule has 1 aliphatic rings. The third kappa shape index (κ3) is 3.20. The van der Waals surface area contributed by atoms with Gasteiger partial charge in [0.15, 0.2) is 0 Å². The molecule has 0 unspecified atom stereocenters. The molecule has 1 fully saturated rings. The molecular formula is C15H18N6O2. The number of nitrogens with zero attached hydrogens (tertiary/aromatic N) is 6. The van der Waals surface area contributed by atoms with Gasteiger partial charge in [-0.25, -0.2) is 15.0 Å². The van der Waals surface area contributed by atoms with Crippen molar-refractivity contribution in [1.29, 1.82) is 0 Å². The Morgan fingerprint density at radius 1 is 1.09 bits per heavy atom. The first-order valence-electron chi connectivity index (χ1n) is 7.45. The molecule has 1 saturated heterocycles. The minimum absolute atomic E-state index is 0.0591. The summed E-state index contributed by atoms with van der Waals surface area (Å²) in [5.41, 5.74) is 0.692. The second-order valence-corrected chi connectivity index (χ2v) is 5.52. The monoisotopic (exact) mass is 314 g/mol. The van der Waals surface area contributed by atoms with E-state index < -0.39 is 4.92 Å². The average Bonchev–Trinajstić information content (AvgIpc) is 2.54. The van der Waals surface area contributed by atoms with Crippen molar-refractivity contribution >= 4 is 17.3 Å². The number of rotatable bonds is 3. The number of hydrogen-bond donors (Lipinski definition) is 0. The SMILES string of the molecule is Cc1nccc(N2CCN(c3cc(C)c([N+](=O)[O-])cn3)CC2)n1. The lowest BCUT2D eigenvalue weighted by molar-refractivity contribution is -0.385. The van der Waals surface area contributed by atoms with Crippen molar-refractivity contribution < 1.29 is 4.92 Å². The summed E-state index contributed by atoms with van der Waals surface area (Å²) in [6.07, 6.45) is 3.11. The molecule has 3 heterocycles. The summed E-state index contributed by atoms with van der Waals surface area (Å²) in [7, 11) is 0. The Kier molecular flexibility index (Phi) is 4.05. The molecule has 2 aromatic heterocycles. The zero-order valence-electron chi connectivity index (χ0n) is 13.1. The van der Waals surface area contributed by atoms with Crippen LogP contribution in [-0.2, 0) is 0 Å². The van der Waals surface area contributed by atoms with Crippen LogP contribution in [0.4, 0.5) is 17.3 Å². The van der Waals surface area contributed by atoms with Crippen LogP contribution in [0.25, 0.3) is 0 Å². The fraction of sp³-hybridized carbons (Fsp3) is 0.400. The second-order valence-electron chi connectivity index (χ2n) is 5.52. The van der Waals surface area contributed by atoms with Gasteiger partial charge < -0.3 is 9.80 Å². The maximum atomic E-state index is 10.9. The molecule has 0 atom stereocenters. The van der Waals surface area contributed by atoms with Crippen molar-refractivity contribution in [2.45, 2.75) is 13.8 Å². The van der Waals surface area contributed by atoms with E-state index in [4.69, 9.17) is 0 Å². The fourth-order valence-electron chi connectivity index (χ4n) is 2.68. The highest BCUT2D eigenvalue weighted by molar-refractivity contribution is 5.50. The van der Waals surface area contributed by atoms with Crippen molar-refractivity contribution in [3.8, 4) is 0 Å². The van der Waals surface area contributed by atoms with Crippen LogP contribution in [0.1, 0.15) is 11.4 Å². The summed E-state index contributed by atoms with van der Waals surface area (Å²) in [5, 5.41) is 10.9. The number of anilines is 2. The lowest BCUT2D eigenvalue weighted by Gasteiger charge is -2.36. The molecule has 1 aliphatic heterocycles. The molecule has 0 saturated carbocycles. The normalized spacial score (nSPS) is 14.9. The van der Waals surface area contributed by atoms with E-state index in [0.717, 1.165) is 43.6 Å². The van der Waals surface area contributed by atoms with Gasteiger partial charge in [0.05, 0.1) is 4.92 Å². The van der Waals surface area contributed by atoms with Gasteiger partial charge in [-0.05, 0) is 26.0 Å². The Morgan fingerprint density at radius 2 is 1.74 bits per heavy atom. The average molecular weight is 314 g/mol. The van der Waals surface area contributed by atoms with Gasteiger partial charge in [-0.2, -0.15) is 0 Å². The molecule has 120 valence electrons. The zero-order valence-corrected chi connectivity index (χ0v) is 13.1. The molecular weight excluding hydrogens is 296 g/mol. The molecule has 0 amide bonds. The molecule has 0 aromatic carbocycles. The summed E-state index contributed by atoms with van der Waals surface area (Å²) >= 11 is 0. The molecule has 23 heavy (non-hydrogen) atoms. The van der Waals surface area contributed by atoms with E-state index in [1.54, 1.807) is 19.2 Å². The lowest BCUT2D eigenvalue weighted by Crippen LogP contribution is -2.47. The topological polar surface area (TPSA) is 88.3 Å². The standard InChI is InChI=1S/C15H18N6O2/c1-11-9-15(17-10-13(11)21(22)23)20-7-5-19(6-8-20)14-3-4-16-12(2)18-14/h3-4,9-10H,5-8H2,1-2H3. The predicted molar refractivity (Wildman–Crippen MR) is 86.8 cm³/mol. The highest BCUT2D eigenvalue weighted by Gasteiger charge is 2.21. The highest BCUT2D eigenvalue weighted by atomic mass is 16.6. The van der Waals surface area contributed by atoms with Crippen LogP contribution < -0.4 is 9.80 Å². The number of nitro groups is 1. The molecule has 8 heteroatoms. The molecule has 0 N–H and O–H groups in total. The molecule has 0 bridgehead atoms. The van der Waals surface area contributed by atoms with Crippen LogP contribution in [0.5, 0.6) is 0 Å². The zero-order chi connectivity index (χ0) is 16.4. The highest BCUT2D eigenvalue weighted by Crippen LogP contribution is 2.23. The summed E-state index contributed by atoms with van der Waals surface area (Å²) in [4.78, 5) is 27.6. The first kappa shape index (κ1) is 15.1. The van der Waals surface area contributed by atoms with Crippen LogP contribution in [0.15, 0.2) is 24.5 Å². The van der Waals surface area contributed by atoms with Crippen LogP contribution in [0.2, 0.25) is 0 Å². The Labute approximate surface area is 134 Å². The largest absolute Gasteiger partial charge is 0.353 e. The van der Waals surface area contributed by atoms with Gasteiger partial charge in [-0.1, -0.05) is 0 Å². The van der Waals surface area contributed by atoms with Gasteiger partial charge in [0.25, 0.3) is 5.69 Å². The molecule has 0 aliphatic carbocycles. The van der Waals surface area contributed by atoms with Crippen molar-refractivity contribution in [1.82, 2.24) is 15.0 Å². The quantitative estimate of drug-likeness (QED) is 0.629. The van der Waals surface area contributed by atoms with E-state index in [9.17, 15) is 10.1 Å². The summed E-state index contributed by atoms with van der Waals surface area (Å²) < 4.78 is 0. The van der Waals surface area contributed by atoms with Crippen LogP contribution >= 0.6 is 0 Å². The van der Waals surface area contributed by atoms with Gasteiger partial charge in [0.1, 0.15) is 23.7 Å². The van der Waals surface area contributed by atoms with E-state index in [-0.39, 0.29) is 5.69 Å². The smallest absolute Gasteiger partial charge is 0.290 e. The van der Waals surface area contributed by atoms with Crippen molar-refractivity contribution in [3.63, 3.8) is 0 Å². The lowest BCUT2D eigenvalue weighted by atomic mass is 10.2. The number of hydrogen-bond acceptors (Lipinski definition) is 7. The van der Waals surface area contributed by atoms with Gasteiger partial charge in [-0.15, -0.1) is 0 Å². The number of aryl methyl sites for hydroxylation is 2. The summed E-state index contributed by atoms with van der Waals surface area (Å²) in [6.45, 7) is 6.87. The Balaban J connectivity index is 1.69. The van der Waals surface area contributed by atoms with Gasteiger partial charge in [0, 0.05) is 37.9 Å². The van der Waals surface area contributed by atoms with Crippen molar-refractivity contribution in [3.05, 3.63) is 46.0 Å². The van der Waals surface area contributed by atoms with Crippen molar-refractivity contribution in [2.75, 3.05) is 36.0 Å². The van der Waals surface area contributed by atoms with Crippen LogP contribution in [0.3, 0.4) is 0 Å². The fourth-order valence-corrected chi connectivity index (χ4v) is 2.68. The second kappa shape index (κ2) is 6.15. The van der Waals surface area contributed by atoms with Gasteiger partial charge in [-0.3, -0.25) is 10.1 Å². The van der Waals surface area contributed by atoms with Gasteiger partial charge >= 0.3 is 0 Å². The van der Waals surface area contributed by atoms with Gasteiger partial charge in [0.2, 0.25) is 0 Å². The van der Waals surface area contributed by atoms with E-state index in [0.29, 0.717) is 5.56 Å². The van der Waals surface area contributed by atoms with Crippen molar-refractivity contribution in [2.24, 2.45) is 0 Å². The maximum absolute atomic E-state index is 10.9. The number of piperazine rings is 1. The molecule has 0 radical (unpaired) electrons. The third-order valence-electron chi connectivity index (χ3n) is 3.95. The molecule has 3 rings (SSSR count). The summed E-state index contributed by atoms with van der Waals surface area (Å²) in [6, 6.07) is 3.69. The Morgan fingerprint density at radius 3 is 2.30 bits per heavy atom. The van der Waals surface area contributed by atoms with E-state index in [1.807, 2.05) is 13.0 Å². The van der Waals surface area contributed by atoms with Crippen LogP contribution in [0, 0.1) is 24.0 Å². The Hall–Kier alpha value is -2.77. The summed E-state index contributed by atoms with van der Waals surface area (Å²) in [5.74, 6) is 2.48. The molecule has 0 spiro atoms. The third-order valence-corrected chi connectivity index (χ3v) is 3.95. The maximum Gasteiger partial charge on any atom is 0.290 e. The first-order chi connectivity index (χ1) is 11.0. The first-order valence-corrected chi connectivity index (χ1v) is 7.45. The number of aromatic nitrogens is 3. The minimum atomic E-state index is -0.401. The number of pyridine rings is 1. The molecule has 2 aromatic rings. The van der Waals surface area contributed by atoms with Crippen LogP contribution in [-0.4, -0.2) is 46.1 Å². The Bertz CT molecular complexity index is 728. The minimum Gasteiger partial charge on any atom is -0.353 e. The van der Waals surface area contributed by atoms with E-state index >= 15 is 0 Å². The molecule has 8 nitrogen and oxygen atoms in total. The predicted octanol–water partition coefficient (Wildman–Crippen LogP) is 1.72. The van der Waals surface area contributed by atoms with E-state index in [1.165, 1.54) is 6.20 Å².